The number of hydrogen-bond acceptors (Lipinski definition) is 5. The number of anilines is 1. The maximum absolute atomic E-state index is 13.3. The van der Waals surface area contributed by atoms with Crippen LogP contribution in [0.4, 0.5) is 5.69 Å². The lowest BCUT2D eigenvalue weighted by Crippen LogP contribution is -2.42. The molecular formula is C28H27ClN4O5. The third-order valence-electron chi connectivity index (χ3n) is 5.88. The van der Waals surface area contributed by atoms with Crippen molar-refractivity contribution in [1.82, 2.24) is 14.5 Å². The summed E-state index contributed by atoms with van der Waals surface area (Å²) in [6.07, 6.45) is -0.101. The number of hydrogen-bond donors (Lipinski definition) is 2. The third-order valence-corrected chi connectivity index (χ3v) is 6.25. The molecular weight excluding hydrogens is 508 g/mol. The van der Waals surface area contributed by atoms with Crippen LogP contribution in [0.25, 0.3) is 10.9 Å². The molecule has 0 bridgehead atoms. The van der Waals surface area contributed by atoms with E-state index in [2.05, 4.69) is 10.6 Å². The Morgan fingerprint density at radius 1 is 0.895 bits per heavy atom. The summed E-state index contributed by atoms with van der Waals surface area (Å²) < 4.78 is 7.63. The number of amides is 2. The first-order valence-electron chi connectivity index (χ1n) is 12.1. The number of ether oxygens (including phenoxy) is 1. The van der Waals surface area contributed by atoms with E-state index < -0.39 is 17.2 Å². The van der Waals surface area contributed by atoms with Crippen LogP contribution in [0.15, 0.2) is 82.4 Å². The zero-order valence-electron chi connectivity index (χ0n) is 20.8. The van der Waals surface area contributed by atoms with Gasteiger partial charge in [0, 0.05) is 30.2 Å². The predicted molar refractivity (Wildman–Crippen MR) is 147 cm³/mol. The van der Waals surface area contributed by atoms with Crippen molar-refractivity contribution in [1.29, 1.82) is 0 Å². The van der Waals surface area contributed by atoms with Crippen molar-refractivity contribution in [3.8, 4) is 5.75 Å². The lowest BCUT2D eigenvalue weighted by Gasteiger charge is -2.14. The van der Waals surface area contributed by atoms with Crippen molar-refractivity contribution in [3.63, 3.8) is 0 Å². The summed E-state index contributed by atoms with van der Waals surface area (Å²) in [7, 11) is 0. The number of para-hydroxylation sites is 1. The molecule has 3 aromatic carbocycles. The van der Waals surface area contributed by atoms with Gasteiger partial charge in [-0.1, -0.05) is 41.9 Å². The fourth-order valence-corrected chi connectivity index (χ4v) is 4.21. The van der Waals surface area contributed by atoms with Crippen LogP contribution in [0, 0.1) is 0 Å². The van der Waals surface area contributed by atoms with Gasteiger partial charge in [-0.2, -0.15) is 0 Å². The first kappa shape index (κ1) is 26.7. The average molecular weight is 535 g/mol. The second-order valence-electron chi connectivity index (χ2n) is 8.47. The molecule has 9 nitrogen and oxygen atoms in total. The van der Waals surface area contributed by atoms with Gasteiger partial charge < -0.3 is 15.4 Å². The molecule has 0 aliphatic carbocycles. The Labute approximate surface area is 223 Å². The highest BCUT2D eigenvalue weighted by Crippen LogP contribution is 2.16. The van der Waals surface area contributed by atoms with Crippen LogP contribution in [-0.2, 0) is 29.2 Å². The van der Waals surface area contributed by atoms with E-state index in [1.807, 2.05) is 13.0 Å². The summed E-state index contributed by atoms with van der Waals surface area (Å²) in [6, 6.07) is 20.6. The van der Waals surface area contributed by atoms with E-state index in [0.29, 0.717) is 28.6 Å². The van der Waals surface area contributed by atoms with Crippen LogP contribution in [0.2, 0.25) is 5.02 Å². The van der Waals surface area contributed by atoms with Gasteiger partial charge in [-0.25, -0.2) is 4.79 Å². The lowest BCUT2D eigenvalue weighted by molar-refractivity contribution is -0.121. The number of benzene rings is 3. The molecule has 2 N–H and O–H groups in total. The molecule has 0 saturated carbocycles. The number of rotatable bonds is 10. The molecule has 0 atom stereocenters. The Bertz CT molecular complexity index is 1580. The van der Waals surface area contributed by atoms with Crippen molar-refractivity contribution in [2.45, 2.75) is 33.0 Å². The summed E-state index contributed by atoms with van der Waals surface area (Å²) in [6.45, 7) is 2.18. The van der Waals surface area contributed by atoms with Crippen LogP contribution in [-0.4, -0.2) is 27.6 Å². The number of halogens is 1. The first-order chi connectivity index (χ1) is 18.4. The molecule has 38 heavy (non-hydrogen) atoms. The van der Waals surface area contributed by atoms with Crippen molar-refractivity contribution in [3.05, 3.63) is 104 Å². The summed E-state index contributed by atoms with van der Waals surface area (Å²) in [4.78, 5) is 51.7. The second-order valence-corrected chi connectivity index (χ2v) is 8.87. The minimum absolute atomic E-state index is 0.101. The summed E-state index contributed by atoms with van der Waals surface area (Å²) in [5, 5.41) is 6.32. The summed E-state index contributed by atoms with van der Waals surface area (Å²) in [5.74, 6) is -0.107. The summed E-state index contributed by atoms with van der Waals surface area (Å²) in [5.41, 5.74) is 0.441. The van der Waals surface area contributed by atoms with Crippen LogP contribution >= 0.6 is 11.6 Å². The quantitative estimate of drug-likeness (QED) is 0.323. The maximum atomic E-state index is 13.3. The molecule has 196 valence electrons. The molecule has 0 fully saturated rings. The highest BCUT2D eigenvalue weighted by Gasteiger charge is 2.16. The van der Waals surface area contributed by atoms with Crippen LogP contribution in [0.1, 0.15) is 18.9 Å². The van der Waals surface area contributed by atoms with E-state index >= 15 is 0 Å². The molecule has 0 aliphatic rings. The number of fused-ring (bicyclic) bond motifs is 1. The normalized spacial score (nSPS) is 10.8. The van der Waals surface area contributed by atoms with E-state index in [1.165, 1.54) is 4.57 Å². The number of nitrogens with one attached hydrogen (secondary N) is 2. The average Bonchev–Trinajstić information content (AvgIpc) is 2.92. The predicted octanol–water partition coefficient (Wildman–Crippen LogP) is 3.56. The largest absolute Gasteiger partial charge is 0.494 e. The molecule has 0 unspecified atom stereocenters. The van der Waals surface area contributed by atoms with Gasteiger partial charge in [0.1, 0.15) is 12.3 Å². The lowest BCUT2D eigenvalue weighted by atomic mass is 10.2. The van der Waals surface area contributed by atoms with Gasteiger partial charge in [0.25, 0.3) is 5.56 Å². The Morgan fingerprint density at radius 3 is 2.34 bits per heavy atom. The Kier molecular flexibility index (Phi) is 8.60. The molecule has 10 heteroatoms. The van der Waals surface area contributed by atoms with Gasteiger partial charge in [-0.15, -0.1) is 0 Å². The molecule has 0 spiro atoms. The first-order valence-corrected chi connectivity index (χ1v) is 12.5. The van der Waals surface area contributed by atoms with Crippen molar-refractivity contribution < 1.29 is 14.3 Å². The molecule has 0 radical (unpaired) electrons. The second kappa shape index (κ2) is 12.2. The van der Waals surface area contributed by atoms with Gasteiger partial charge in [0.05, 0.1) is 17.5 Å². The third kappa shape index (κ3) is 6.30. The highest BCUT2D eigenvalue weighted by molar-refractivity contribution is 6.31. The van der Waals surface area contributed by atoms with E-state index in [1.54, 1.807) is 66.7 Å². The van der Waals surface area contributed by atoms with E-state index in [4.69, 9.17) is 16.3 Å². The fraction of sp³-hybridized carbons (Fsp3) is 0.214. The molecule has 0 aliphatic heterocycles. The molecule has 4 rings (SSSR count). The highest BCUT2D eigenvalue weighted by atomic mass is 35.5. The number of carbonyl (C=O) groups excluding carboxylic acids is 2. The van der Waals surface area contributed by atoms with Crippen molar-refractivity contribution in [2.75, 3.05) is 11.9 Å². The fourth-order valence-electron chi connectivity index (χ4n) is 4.00. The molecule has 2 amide bonds. The van der Waals surface area contributed by atoms with Gasteiger partial charge in [-0.05, 0) is 55.0 Å². The Balaban J connectivity index is 1.51. The van der Waals surface area contributed by atoms with Crippen LogP contribution < -0.4 is 26.6 Å². The maximum Gasteiger partial charge on any atom is 0.331 e. The van der Waals surface area contributed by atoms with Crippen LogP contribution in [0.3, 0.4) is 0 Å². The van der Waals surface area contributed by atoms with Gasteiger partial charge in [-0.3, -0.25) is 23.5 Å². The Hall–Kier alpha value is -4.37. The topological polar surface area (TPSA) is 111 Å². The molecule has 0 saturated heterocycles. The van der Waals surface area contributed by atoms with E-state index in [0.717, 1.165) is 10.1 Å². The van der Waals surface area contributed by atoms with Crippen molar-refractivity contribution >= 4 is 40.0 Å². The standard InChI is InChI=1S/C28H27ClN4O5/c1-2-38-21-13-11-20(12-14-21)31-26(35)18-33-24-10-6-4-8-22(24)27(36)32(28(33)37)16-15-25(34)30-17-19-7-3-5-9-23(19)29/h3-14H,2,15-18H2,1H3,(H,30,34)(H,31,35). The van der Waals surface area contributed by atoms with Gasteiger partial charge in [0.2, 0.25) is 11.8 Å². The number of aromatic nitrogens is 2. The number of carbonyl (C=O) groups is 2. The minimum Gasteiger partial charge on any atom is -0.494 e. The van der Waals surface area contributed by atoms with Crippen molar-refractivity contribution in [2.24, 2.45) is 0 Å². The molecule has 1 aromatic heterocycles. The van der Waals surface area contributed by atoms with E-state index in [9.17, 15) is 19.2 Å². The zero-order chi connectivity index (χ0) is 27.1. The molecule has 1 heterocycles. The van der Waals surface area contributed by atoms with E-state index in [-0.39, 0.29) is 37.3 Å². The monoisotopic (exact) mass is 534 g/mol. The number of nitrogens with zero attached hydrogens (tertiary/aromatic N) is 2. The van der Waals surface area contributed by atoms with Crippen LogP contribution in [0.5, 0.6) is 5.75 Å². The zero-order valence-corrected chi connectivity index (χ0v) is 21.5. The SMILES string of the molecule is CCOc1ccc(NC(=O)Cn2c(=O)n(CCC(=O)NCc3ccccc3Cl)c(=O)c3ccccc32)cc1. The summed E-state index contributed by atoms with van der Waals surface area (Å²) >= 11 is 6.13. The minimum atomic E-state index is -0.672. The van der Waals surface area contributed by atoms with Gasteiger partial charge in [0.15, 0.2) is 0 Å². The Morgan fingerprint density at radius 2 is 1.61 bits per heavy atom. The molecule has 4 aromatic rings. The van der Waals surface area contributed by atoms with Gasteiger partial charge >= 0.3 is 5.69 Å². The smallest absolute Gasteiger partial charge is 0.331 e.